The summed E-state index contributed by atoms with van der Waals surface area (Å²) in [6.07, 6.45) is 2.31. The molecule has 4 rings (SSSR count). The molecular weight excluding hydrogens is 378 g/mol. The fourth-order valence-electron chi connectivity index (χ4n) is 3.30. The summed E-state index contributed by atoms with van der Waals surface area (Å²) in [6, 6.07) is 24.0. The molecular formula is C24H21N3OS. The van der Waals surface area contributed by atoms with E-state index in [2.05, 4.69) is 23.2 Å². The first-order valence-corrected chi connectivity index (χ1v) is 10.6. The lowest BCUT2D eigenvalue weighted by atomic mass is 9.97. The second-order valence-electron chi connectivity index (χ2n) is 7.23. The molecule has 1 aromatic heterocycles. The molecule has 1 aliphatic rings. The molecule has 0 aliphatic heterocycles. The van der Waals surface area contributed by atoms with Crippen molar-refractivity contribution in [2.75, 3.05) is 5.75 Å². The van der Waals surface area contributed by atoms with Crippen molar-refractivity contribution in [1.29, 1.82) is 5.26 Å². The van der Waals surface area contributed by atoms with Gasteiger partial charge in [-0.1, -0.05) is 54.6 Å². The summed E-state index contributed by atoms with van der Waals surface area (Å²) in [5, 5.41) is 10.1. The summed E-state index contributed by atoms with van der Waals surface area (Å²) in [5.41, 5.74) is 10.4. The summed E-state index contributed by atoms with van der Waals surface area (Å²) in [7, 11) is 0. The van der Waals surface area contributed by atoms with Crippen LogP contribution in [0.5, 0.6) is 0 Å². The van der Waals surface area contributed by atoms with Crippen molar-refractivity contribution < 1.29 is 4.79 Å². The summed E-state index contributed by atoms with van der Waals surface area (Å²) in [4.78, 5) is 16.8. The third-order valence-electron chi connectivity index (χ3n) is 5.15. The van der Waals surface area contributed by atoms with Crippen LogP contribution < -0.4 is 5.73 Å². The Morgan fingerprint density at radius 3 is 2.38 bits per heavy atom. The topological polar surface area (TPSA) is 79.8 Å². The lowest BCUT2D eigenvalue weighted by Gasteiger charge is -2.15. The molecule has 1 aliphatic carbocycles. The number of nitrogens with zero attached hydrogens (tertiary/aromatic N) is 2. The molecule has 3 aromatic rings. The highest BCUT2D eigenvalue weighted by Crippen LogP contribution is 2.40. The zero-order valence-electron chi connectivity index (χ0n) is 15.9. The molecule has 1 amide bonds. The average Bonchev–Trinajstić information content (AvgIpc) is 3.60. The van der Waals surface area contributed by atoms with Crippen molar-refractivity contribution in [3.63, 3.8) is 0 Å². The van der Waals surface area contributed by atoms with Crippen LogP contribution in [-0.2, 0) is 4.79 Å². The quantitative estimate of drug-likeness (QED) is 0.576. The molecule has 5 heteroatoms. The average molecular weight is 400 g/mol. The maximum absolute atomic E-state index is 12.1. The number of hydrogen-bond acceptors (Lipinski definition) is 4. The van der Waals surface area contributed by atoms with E-state index in [0.29, 0.717) is 22.3 Å². The van der Waals surface area contributed by atoms with Gasteiger partial charge in [-0.3, -0.25) is 4.79 Å². The number of rotatable bonds is 7. The highest BCUT2D eigenvalue weighted by Gasteiger charge is 2.26. The van der Waals surface area contributed by atoms with E-state index in [1.807, 2.05) is 54.6 Å². The number of carbonyl (C=O) groups excluding carboxylic acids is 1. The van der Waals surface area contributed by atoms with Gasteiger partial charge in [0.25, 0.3) is 0 Å². The Bertz CT molecular complexity index is 1050. The van der Waals surface area contributed by atoms with E-state index >= 15 is 0 Å². The van der Waals surface area contributed by atoms with Gasteiger partial charge in [0.2, 0.25) is 5.91 Å². The van der Waals surface area contributed by atoms with Crippen molar-refractivity contribution in [3.8, 4) is 17.2 Å². The Morgan fingerprint density at radius 1 is 1.07 bits per heavy atom. The van der Waals surface area contributed by atoms with Crippen molar-refractivity contribution in [2.24, 2.45) is 5.73 Å². The molecule has 1 saturated carbocycles. The Balaban J connectivity index is 1.52. The van der Waals surface area contributed by atoms with Crippen LogP contribution in [0.3, 0.4) is 0 Å². The molecule has 4 nitrogen and oxygen atoms in total. The lowest BCUT2D eigenvalue weighted by Crippen LogP contribution is -2.23. The van der Waals surface area contributed by atoms with Crippen LogP contribution in [0, 0.1) is 11.3 Å². The van der Waals surface area contributed by atoms with Crippen molar-refractivity contribution in [2.45, 2.75) is 29.7 Å². The molecule has 1 unspecified atom stereocenters. The smallest absolute Gasteiger partial charge is 0.225 e. The number of nitrogens with two attached hydrogens (primary N) is 1. The predicted octanol–water partition coefficient (Wildman–Crippen LogP) is 4.86. The van der Waals surface area contributed by atoms with Gasteiger partial charge in [0, 0.05) is 17.4 Å². The van der Waals surface area contributed by atoms with E-state index in [1.54, 1.807) is 0 Å². The standard InChI is InChI=1S/C24H21N3OS/c25-14-20-12-13-22(19-10-11-19)27-24(20)29-15-21(23(26)28)18-8-6-17(7-9-18)16-4-2-1-3-5-16/h1-9,12-13,19,21H,10-11,15H2,(H2,26,28). The number of thioether (sulfide) groups is 1. The minimum atomic E-state index is -0.442. The monoisotopic (exact) mass is 399 g/mol. The maximum Gasteiger partial charge on any atom is 0.225 e. The van der Waals surface area contributed by atoms with E-state index < -0.39 is 5.92 Å². The van der Waals surface area contributed by atoms with Gasteiger partial charge in [-0.15, -0.1) is 11.8 Å². The number of amides is 1. The maximum atomic E-state index is 12.1. The zero-order chi connectivity index (χ0) is 20.2. The molecule has 29 heavy (non-hydrogen) atoms. The van der Waals surface area contributed by atoms with Gasteiger partial charge in [-0.05, 0) is 41.7 Å². The van der Waals surface area contributed by atoms with Crippen LogP contribution in [0.15, 0.2) is 71.8 Å². The van der Waals surface area contributed by atoms with Crippen molar-refractivity contribution in [3.05, 3.63) is 83.6 Å². The van der Waals surface area contributed by atoms with Gasteiger partial charge < -0.3 is 5.73 Å². The Kier molecular flexibility index (Phi) is 5.64. The fraction of sp³-hybridized carbons (Fsp3) is 0.208. The SMILES string of the molecule is N#Cc1ccc(C2CC2)nc1SCC(C(N)=O)c1ccc(-c2ccccc2)cc1. The number of nitriles is 1. The van der Waals surface area contributed by atoms with Gasteiger partial charge in [0.15, 0.2) is 0 Å². The molecule has 1 heterocycles. The predicted molar refractivity (Wildman–Crippen MR) is 115 cm³/mol. The molecule has 1 fully saturated rings. The number of benzene rings is 2. The van der Waals surface area contributed by atoms with Gasteiger partial charge in [0.05, 0.1) is 11.5 Å². The van der Waals surface area contributed by atoms with Gasteiger partial charge in [-0.25, -0.2) is 4.98 Å². The molecule has 0 saturated heterocycles. The van der Waals surface area contributed by atoms with Gasteiger partial charge in [-0.2, -0.15) is 5.26 Å². The minimum absolute atomic E-state index is 0.373. The largest absolute Gasteiger partial charge is 0.369 e. The first kappa shape index (κ1) is 19.2. The number of hydrogen-bond donors (Lipinski definition) is 1. The van der Waals surface area contributed by atoms with E-state index in [9.17, 15) is 10.1 Å². The number of carbonyl (C=O) groups is 1. The van der Waals surface area contributed by atoms with E-state index in [0.717, 1.165) is 35.2 Å². The van der Waals surface area contributed by atoms with Crippen LogP contribution in [0.2, 0.25) is 0 Å². The fourth-order valence-corrected chi connectivity index (χ4v) is 4.42. The highest BCUT2D eigenvalue weighted by molar-refractivity contribution is 7.99. The summed E-state index contributed by atoms with van der Waals surface area (Å²) in [5.74, 6) is 0.152. The highest BCUT2D eigenvalue weighted by atomic mass is 32.2. The Hall–Kier alpha value is -3.10. The third-order valence-corrected chi connectivity index (χ3v) is 6.23. The van der Waals surface area contributed by atoms with Crippen molar-refractivity contribution in [1.82, 2.24) is 4.98 Å². The molecule has 2 aromatic carbocycles. The minimum Gasteiger partial charge on any atom is -0.369 e. The van der Waals surface area contributed by atoms with Crippen LogP contribution in [-0.4, -0.2) is 16.6 Å². The lowest BCUT2D eigenvalue weighted by molar-refractivity contribution is -0.118. The molecule has 144 valence electrons. The summed E-state index contributed by atoms with van der Waals surface area (Å²) < 4.78 is 0. The summed E-state index contributed by atoms with van der Waals surface area (Å²) in [6.45, 7) is 0. The van der Waals surface area contributed by atoms with Crippen LogP contribution in [0.4, 0.5) is 0 Å². The van der Waals surface area contributed by atoms with Crippen LogP contribution >= 0.6 is 11.8 Å². The Morgan fingerprint density at radius 2 is 1.76 bits per heavy atom. The summed E-state index contributed by atoms with van der Waals surface area (Å²) >= 11 is 1.43. The third kappa shape index (κ3) is 4.49. The normalized spacial score (nSPS) is 14.2. The Labute approximate surface area is 174 Å². The first-order valence-electron chi connectivity index (χ1n) is 9.64. The van der Waals surface area contributed by atoms with Crippen LogP contribution in [0.25, 0.3) is 11.1 Å². The molecule has 1 atom stereocenters. The molecule has 2 N–H and O–H groups in total. The first-order chi connectivity index (χ1) is 14.2. The number of aromatic nitrogens is 1. The zero-order valence-corrected chi connectivity index (χ0v) is 16.7. The van der Waals surface area contributed by atoms with E-state index in [-0.39, 0.29) is 5.91 Å². The second-order valence-corrected chi connectivity index (χ2v) is 8.24. The van der Waals surface area contributed by atoms with Gasteiger partial charge >= 0.3 is 0 Å². The van der Waals surface area contributed by atoms with Crippen molar-refractivity contribution >= 4 is 17.7 Å². The molecule has 0 bridgehead atoms. The second kappa shape index (κ2) is 8.50. The van der Waals surface area contributed by atoms with E-state index in [4.69, 9.17) is 5.73 Å². The van der Waals surface area contributed by atoms with Gasteiger partial charge in [0.1, 0.15) is 11.1 Å². The van der Waals surface area contributed by atoms with Crippen LogP contribution in [0.1, 0.15) is 41.5 Å². The van der Waals surface area contributed by atoms with E-state index in [1.165, 1.54) is 11.8 Å². The number of pyridine rings is 1. The molecule has 0 radical (unpaired) electrons. The molecule has 0 spiro atoms. The number of primary amides is 1.